The van der Waals surface area contributed by atoms with E-state index < -0.39 is 34.6 Å². The third kappa shape index (κ3) is 5.68. The Morgan fingerprint density at radius 3 is 2.48 bits per heavy atom. The second-order valence-corrected chi connectivity index (χ2v) is 8.76. The molecule has 1 amide bonds. The van der Waals surface area contributed by atoms with Crippen molar-refractivity contribution < 1.29 is 27.5 Å². The third-order valence-corrected chi connectivity index (χ3v) is 6.65. The maximum Gasteiger partial charge on any atom is 0.335 e. The summed E-state index contributed by atoms with van der Waals surface area (Å²) in [7, 11) is -0.120. The highest BCUT2D eigenvalue weighted by Crippen LogP contribution is 2.29. The van der Waals surface area contributed by atoms with E-state index in [2.05, 4.69) is 5.32 Å². The van der Waals surface area contributed by atoms with Gasteiger partial charge in [0.05, 0.1) is 16.3 Å². The number of benzene rings is 1. The van der Waals surface area contributed by atoms with Gasteiger partial charge in [-0.05, 0) is 31.0 Å². The van der Waals surface area contributed by atoms with Crippen molar-refractivity contribution in [3.63, 3.8) is 0 Å². The van der Waals surface area contributed by atoms with Crippen LogP contribution in [0.5, 0.6) is 0 Å². The molecule has 0 spiro atoms. The van der Waals surface area contributed by atoms with E-state index in [0.717, 1.165) is 6.42 Å². The van der Waals surface area contributed by atoms with E-state index in [-0.39, 0.29) is 4.90 Å². The van der Waals surface area contributed by atoms with Crippen LogP contribution < -0.4 is 10.2 Å². The minimum Gasteiger partial charge on any atom is -0.454 e. The van der Waals surface area contributed by atoms with Gasteiger partial charge in [-0.25, -0.2) is 13.2 Å². The molecule has 2 rings (SSSR count). The monoisotopic (exact) mass is 427 g/mol. The van der Waals surface area contributed by atoms with Crippen LogP contribution in [0.1, 0.15) is 26.7 Å². The normalized spacial score (nSPS) is 16.7. The Balaban J connectivity index is 2.16. The van der Waals surface area contributed by atoms with Gasteiger partial charge in [0.25, 0.3) is 5.91 Å². The van der Waals surface area contributed by atoms with Crippen LogP contribution in [0.2, 0.25) is 0 Å². The Morgan fingerprint density at radius 1 is 1.24 bits per heavy atom. The molecule has 0 unspecified atom stereocenters. The zero-order valence-electron chi connectivity index (χ0n) is 17.3. The van der Waals surface area contributed by atoms with Crippen LogP contribution in [0.3, 0.4) is 0 Å². The predicted octanol–water partition coefficient (Wildman–Crippen LogP) is 1.44. The van der Waals surface area contributed by atoms with E-state index in [4.69, 9.17) is 9.47 Å². The molecule has 1 saturated heterocycles. The van der Waals surface area contributed by atoms with Crippen LogP contribution in [0.4, 0.5) is 11.4 Å². The first-order valence-corrected chi connectivity index (χ1v) is 11.0. The van der Waals surface area contributed by atoms with Crippen molar-refractivity contribution in [3.8, 4) is 0 Å². The number of carbonyl (C=O) groups excluding carboxylic acids is 2. The number of esters is 1. The van der Waals surface area contributed by atoms with Crippen molar-refractivity contribution in [3.05, 3.63) is 18.2 Å². The molecule has 0 saturated carbocycles. The number of amides is 1. The van der Waals surface area contributed by atoms with E-state index in [9.17, 15) is 18.0 Å². The van der Waals surface area contributed by atoms with Crippen LogP contribution in [-0.2, 0) is 29.1 Å². The molecule has 162 valence electrons. The number of carbonyl (C=O) groups is 2. The van der Waals surface area contributed by atoms with Gasteiger partial charge in [-0.1, -0.05) is 13.8 Å². The van der Waals surface area contributed by atoms with Gasteiger partial charge in [0.15, 0.2) is 12.7 Å². The van der Waals surface area contributed by atoms with Crippen molar-refractivity contribution in [1.29, 1.82) is 0 Å². The minimum absolute atomic E-state index is 0.0819. The van der Waals surface area contributed by atoms with Crippen LogP contribution in [0.15, 0.2) is 23.1 Å². The molecule has 10 heteroatoms. The first kappa shape index (κ1) is 23.1. The average molecular weight is 428 g/mol. The van der Waals surface area contributed by atoms with Gasteiger partial charge in [0.1, 0.15) is 0 Å². The Labute approximate surface area is 172 Å². The van der Waals surface area contributed by atoms with E-state index in [1.807, 2.05) is 0 Å². The summed E-state index contributed by atoms with van der Waals surface area (Å²) >= 11 is 0. The molecule has 1 N–H and O–H groups in total. The largest absolute Gasteiger partial charge is 0.454 e. The molecule has 1 aliphatic rings. The lowest BCUT2D eigenvalue weighted by Gasteiger charge is -2.22. The molecular formula is C19H29N3O6S. The van der Waals surface area contributed by atoms with E-state index in [1.165, 1.54) is 16.4 Å². The second kappa shape index (κ2) is 10.0. The first-order valence-electron chi connectivity index (χ1n) is 9.60. The number of sulfonamides is 1. The average Bonchev–Trinajstić information content (AvgIpc) is 3.21. The molecule has 1 aromatic carbocycles. The molecule has 1 heterocycles. The highest BCUT2D eigenvalue weighted by Gasteiger charge is 2.26. The number of ether oxygens (including phenoxy) is 2. The van der Waals surface area contributed by atoms with Gasteiger partial charge in [0.2, 0.25) is 10.0 Å². The summed E-state index contributed by atoms with van der Waals surface area (Å²) in [6.07, 6.45) is 0.741. The molecule has 1 atom stereocenters. The number of rotatable bonds is 9. The van der Waals surface area contributed by atoms with Gasteiger partial charge in [0, 0.05) is 33.8 Å². The van der Waals surface area contributed by atoms with Crippen LogP contribution in [0, 0.1) is 0 Å². The lowest BCUT2D eigenvalue weighted by atomic mass is 10.2. The summed E-state index contributed by atoms with van der Waals surface area (Å²) in [6.45, 7) is 4.25. The van der Waals surface area contributed by atoms with Crippen molar-refractivity contribution in [2.75, 3.05) is 50.6 Å². The fraction of sp³-hybridized carbons (Fsp3) is 0.579. The highest BCUT2D eigenvalue weighted by molar-refractivity contribution is 7.89. The Morgan fingerprint density at radius 2 is 1.93 bits per heavy atom. The predicted molar refractivity (Wildman–Crippen MR) is 109 cm³/mol. The minimum atomic E-state index is -3.68. The number of hydrogen-bond donors (Lipinski definition) is 1. The Kier molecular flexibility index (Phi) is 8.00. The number of hydrogen-bond acceptors (Lipinski definition) is 7. The number of nitrogens with one attached hydrogen (secondary N) is 1. The molecule has 9 nitrogen and oxygen atoms in total. The standard InChI is InChI=1S/C19H29N3O6S/c1-5-22(6-2)29(25,26)14-9-10-16(21(3)4)15(12-14)20-18(23)13-28-19(24)17-8-7-11-27-17/h9-10,12,17H,5-8,11,13H2,1-4H3,(H,20,23)/t17-/m1/s1. The lowest BCUT2D eigenvalue weighted by Crippen LogP contribution is -2.31. The zero-order valence-corrected chi connectivity index (χ0v) is 18.1. The maximum atomic E-state index is 12.8. The smallest absolute Gasteiger partial charge is 0.335 e. The fourth-order valence-corrected chi connectivity index (χ4v) is 4.54. The van der Waals surface area contributed by atoms with Crippen LogP contribution >= 0.6 is 0 Å². The van der Waals surface area contributed by atoms with Crippen molar-refractivity contribution in [2.45, 2.75) is 37.7 Å². The second-order valence-electron chi connectivity index (χ2n) is 6.82. The van der Waals surface area contributed by atoms with Crippen LogP contribution in [-0.4, -0.2) is 71.1 Å². The van der Waals surface area contributed by atoms with E-state index >= 15 is 0 Å². The maximum absolute atomic E-state index is 12.8. The van der Waals surface area contributed by atoms with Crippen molar-refractivity contribution in [2.24, 2.45) is 0 Å². The Hall–Kier alpha value is -2.17. The number of nitrogens with zero attached hydrogens (tertiary/aromatic N) is 2. The molecule has 29 heavy (non-hydrogen) atoms. The number of anilines is 2. The summed E-state index contributed by atoms with van der Waals surface area (Å²) in [5.74, 6) is -1.12. The molecule has 0 aromatic heterocycles. The third-order valence-electron chi connectivity index (χ3n) is 4.61. The first-order chi connectivity index (χ1) is 13.7. The fourth-order valence-electron chi connectivity index (χ4n) is 3.06. The summed E-state index contributed by atoms with van der Waals surface area (Å²) in [5.41, 5.74) is 0.948. The molecule has 0 aliphatic carbocycles. The van der Waals surface area contributed by atoms with Gasteiger partial charge in [-0.15, -0.1) is 0 Å². The molecular weight excluding hydrogens is 398 g/mol. The summed E-state index contributed by atoms with van der Waals surface area (Å²) in [5, 5.41) is 2.64. The van der Waals surface area contributed by atoms with Gasteiger partial charge < -0.3 is 19.7 Å². The molecule has 0 bridgehead atoms. The van der Waals surface area contributed by atoms with Crippen LogP contribution in [0.25, 0.3) is 0 Å². The topological polar surface area (TPSA) is 105 Å². The van der Waals surface area contributed by atoms with E-state index in [1.54, 1.807) is 38.9 Å². The zero-order chi connectivity index (χ0) is 21.6. The van der Waals surface area contributed by atoms with Gasteiger partial charge >= 0.3 is 5.97 Å². The molecule has 1 fully saturated rings. The quantitative estimate of drug-likeness (QED) is 0.595. The molecule has 1 aliphatic heterocycles. The van der Waals surface area contributed by atoms with Crippen molar-refractivity contribution >= 4 is 33.3 Å². The summed E-state index contributed by atoms with van der Waals surface area (Å²) < 4.78 is 37.2. The molecule has 1 aromatic rings. The SMILES string of the molecule is CCN(CC)S(=O)(=O)c1ccc(N(C)C)c(NC(=O)COC(=O)[C@H]2CCCO2)c1. The lowest BCUT2D eigenvalue weighted by molar-refractivity contribution is -0.156. The van der Waals surface area contributed by atoms with Gasteiger partial charge in [-0.2, -0.15) is 4.31 Å². The summed E-state index contributed by atoms with van der Waals surface area (Å²) in [4.78, 5) is 26.0. The van der Waals surface area contributed by atoms with E-state index in [0.29, 0.717) is 37.5 Å². The van der Waals surface area contributed by atoms with Gasteiger partial charge in [-0.3, -0.25) is 4.79 Å². The van der Waals surface area contributed by atoms with Crippen molar-refractivity contribution in [1.82, 2.24) is 4.31 Å². The summed E-state index contributed by atoms with van der Waals surface area (Å²) in [6, 6.07) is 4.56. The Bertz CT molecular complexity index is 830. The molecule has 0 radical (unpaired) electrons. The highest BCUT2D eigenvalue weighted by atomic mass is 32.2.